The van der Waals surface area contributed by atoms with Gasteiger partial charge in [-0.2, -0.15) is 0 Å². The Balaban J connectivity index is 1.70. The Kier molecular flexibility index (Phi) is 4.79. The maximum Gasteiger partial charge on any atom is 0.340 e. The molecule has 1 aromatic heterocycles. The number of hydrogen-bond donors (Lipinski definition) is 0. The molecule has 114 valence electrons. The van der Waals surface area contributed by atoms with E-state index in [9.17, 15) is 4.79 Å². The van der Waals surface area contributed by atoms with E-state index < -0.39 is 0 Å². The maximum atomic E-state index is 12.4. The molecule has 3 heteroatoms. The van der Waals surface area contributed by atoms with Crippen LogP contribution in [0.4, 0.5) is 0 Å². The topological polar surface area (TPSA) is 39.2 Å². The van der Waals surface area contributed by atoms with Crippen LogP contribution in [-0.2, 0) is 11.2 Å². The molecule has 0 saturated heterocycles. The van der Waals surface area contributed by atoms with Crippen molar-refractivity contribution in [2.45, 2.75) is 6.42 Å². The number of esters is 1. The highest BCUT2D eigenvalue weighted by atomic mass is 16.5. The van der Waals surface area contributed by atoms with E-state index in [1.807, 2.05) is 66.7 Å². The van der Waals surface area contributed by atoms with Crippen LogP contribution in [0.2, 0.25) is 0 Å². The molecular formula is C20H17NO2. The number of benzene rings is 2. The third-order valence-corrected chi connectivity index (χ3v) is 3.59. The van der Waals surface area contributed by atoms with E-state index in [0.29, 0.717) is 18.6 Å². The number of carbonyl (C=O) groups is 1. The van der Waals surface area contributed by atoms with Crippen molar-refractivity contribution in [3.8, 4) is 11.1 Å². The van der Waals surface area contributed by atoms with Gasteiger partial charge in [0.05, 0.1) is 12.2 Å². The second kappa shape index (κ2) is 7.36. The lowest BCUT2D eigenvalue weighted by Gasteiger charge is -2.09. The van der Waals surface area contributed by atoms with E-state index in [2.05, 4.69) is 4.98 Å². The average Bonchev–Trinajstić information content (AvgIpc) is 2.63. The number of hydrogen-bond acceptors (Lipinski definition) is 3. The summed E-state index contributed by atoms with van der Waals surface area (Å²) in [5.41, 5.74) is 3.46. The van der Waals surface area contributed by atoms with Gasteiger partial charge in [0.1, 0.15) is 0 Å². The standard InChI is InChI=1S/C20H17NO2/c22-20(23-14-12-16-7-3-1-4-8-16)19-15-21-13-11-18(19)17-9-5-2-6-10-17/h1-11,13,15H,12,14H2. The number of ether oxygens (including phenoxy) is 1. The molecule has 0 unspecified atom stereocenters. The van der Waals surface area contributed by atoms with Crippen LogP contribution in [0.1, 0.15) is 15.9 Å². The first-order valence-electron chi connectivity index (χ1n) is 7.55. The molecule has 0 aliphatic carbocycles. The van der Waals surface area contributed by atoms with Crippen molar-refractivity contribution in [2.75, 3.05) is 6.61 Å². The van der Waals surface area contributed by atoms with Gasteiger partial charge in [-0.25, -0.2) is 4.79 Å². The molecule has 0 aliphatic rings. The fourth-order valence-corrected chi connectivity index (χ4v) is 2.41. The van der Waals surface area contributed by atoms with Crippen molar-refractivity contribution in [3.63, 3.8) is 0 Å². The molecule has 3 rings (SSSR count). The third kappa shape index (κ3) is 3.83. The summed E-state index contributed by atoms with van der Waals surface area (Å²) < 4.78 is 5.42. The van der Waals surface area contributed by atoms with Crippen molar-refractivity contribution in [2.24, 2.45) is 0 Å². The lowest BCUT2D eigenvalue weighted by Crippen LogP contribution is -2.10. The van der Waals surface area contributed by atoms with E-state index in [-0.39, 0.29) is 5.97 Å². The summed E-state index contributed by atoms with van der Waals surface area (Å²) in [5.74, 6) is -0.340. The number of carbonyl (C=O) groups excluding carboxylic acids is 1. The minimum Gasteiger partial charge on any atom is -0.462 e. The van der Waals surface area contributed by atoms with E-state index in [4.69, 9.17) is 4.74 Å². The van der Waals surface area contributed by atoms with Crippen LogP contribution in [0.3, 0.4) is 0 Å². The number of aromatic nitrogens is 1. The number of rotatable bonds is 5. The van der Waals surface area contributed by atoms with E-state index in [1.165, 1.54) is 0 Å². The summed E-state index contributed by atoms with van der Waals surface area (Å²) in [5, 5.41) is 0. The third-order valence-electron chi connectivity index (χ3n) is 3.59. The Labute approximate surface area is 135 Å². The Morgan fingerprint density at radius 1 is 0.913 bits per heavy atom. The summed E-state index contributed by atoms with van der Waals surface area (Å²) in [6.45, 7) is 0.353. The zero-order valence-electron chi connectivity index (χ0n) is 12.7. The second-order valence-corrected chi connectivity index (χ2v) is 5.16. The molecule has 0 N–H and O–H groups in total. The van der Waals surface area contributed by atoms with Crippen molar-refractivity contribution in [1.82, 2.24) is 4.98 Å². The summed E-state index contributed by atoms with van der Waals surface area (Å²) >= 11 is 0. The molecule has 0 atom stereocenters. The lowest BCUT2D eigenvalue weighted by molar-refractivity contribution is 0.0509. The van der Waals surface area contributed by atoms with Crippen LogP contribution in [0.15, 0.2) is 79.1 Å². The molecule has 0 aliphatic heterocycles. The van der Waals surface area contributed by atoms with Crippen molar-refractivity contribution in [3.05, 3.63) is 90.3 Å². The van der Waals surface area contributed by atoms with E-state index in [1.54, 1.807) is 12.4 Å². The minimum atomic E-state index is -0.340. The average molecular weight is 303 g/mol. The first-order valence-corrected chi connectivity index (χ1v) is 7.55. The fraction of sp³-hybridized carbons (Fsp3) is 0.100. The van der Waals surface area contributed by atoms with Crippen LogP contribution in [0.5, 0.6) is 0 Å². The summed E-state index contributed by atoms with van der Waals surface area (Å²) in [6.07, 6.45) is 3.95. The molecule has 3 nitrogen and oxygen atoms in total. The SMILES string of the molecule is O=C(OCCc1ccccc1)c1cnccc1-c1ccccc1. The van der Waals surface area contributed by atoms with Gasteiger partial charge in [0, 0.05) is 18.8 Å². The molecule has 0 spiro atoms. The normalized spacial score (nSPS) is 10.3. The molecule has 0 fully saturated rings. The van der Waals surface area contributed by atoms with E-state index in [0.717, 1.165) is 16.7 Å². The predicted octanol–water partition coefficient (Wildman–Crippen LogP) is 4.15. The first kappa shape index (κ1) is 15.0. The smallest absolute Gasteiger partial charge is 0.340 e. The molecule has 0 radical (unpaired) electrons. The highest BCUT2D eigenvalue weighted by Crippen LogP contribution is 2.23. The van der Waals surface area contributed by atoms with Gasteiger partial charge in [0.15, 0.2) is 0 Å². The molecule has 0 amide bonds. The molecule has 0 saturated carbocycles. The van der Waals surface area contributed by atoms with Crippen molar-refractivity contribution in [1.29, 1.82) is 0 Å². The maximum absolute atomic E-state index is 12.4. The van der Waals surface area contributed by atoms with Gasteiger partial charge in [0.2, 0.25) is 0 Å². The molecule has 2 aromatic carbocycles. The zero-order chi connectivity index (χ0) is 15.9. The number of nitrogens with zero attached hydrogens (tertiary/aromatic N) is 1. The van der Waals surface area contributed by atoms with Crippen LogP contribution >= 0.6 is 0 Å². The summed E-state index contributed by atoms with van der Waals surface area (Å²) in [7, 11) is 0. The molecule has 1 heterocycles. The van der Waals surface area contributed by atoms with Gasteiger partial charge in [-0.1, -0.05) is 60.7 Å². The molecule has 23 heavy (non-hydrogen) atoms. The van der Waals surface area contributed by atoms with Crippen LogP contribution in [-0.4, -0.2) is 17.6 Å². The van der Waals surface area contributed by atoms with Gasteiger partial charge in [0.25, 0.3) is 0 Å². The van der Waals surface area contributed by atoms with Crippen LogP contribution in [0, 0.1) is 0 Å². The first-order chi connectivity index (χ1) is 11.3. The lowest BCUT2D eigenvalue weighted by atomic mass is 10.0. The van der Waals surface area contributed by atoms with Gasteiger partial charge in [-0.3, -0.25) is 4.98 Å². The summed E-state index contributed by atoms with van der Waals surface area (Å²) in [4.78, 5) is 16.4. The van der Waals surface area contributed by atoms with Gasteiger partial charge in [-0.05, 0) is 22.8 Å². The van der Waals surface area contributed by atoms with Gasteiger partial charge < -0.3 is 4.74 Å². The van der Waals surface area contributed by atoms with Crippen molar-refractivity contribution >= 4 is 5.97 Å². The highest BCUT2D eigenvalue weighted by molar-refractivity contribution is 5.96. The van der Waals surface area contributed by atoms with Crippen LogP contribution < -0.4 is 0 Å². The molecular weight excluding hydrogens is 286 g/mol. The Morgan fingerprint density at radius 2 is 1.61 bits per heavy atom. The fourth-order valence-electron chi connectivity index (χ4n) is 2.41. The van der Waals surface area contributed by atoms with Crippen molar-refractivity contribution < 1.29 is 9.53 Å². The zero-order valence-corrected chi connectivity index (χ0v) is 12.7. The quantitative estimate of drug-likeness (QED) is 0.665. The van der Waals surface area contributed by atoms with Crippen LogP contribution in [0.25, 0.3) is 11.1 Å². The highest BCUT2D eigenvalue weighted by Gasteiger charge is 2.14. The largest absolute Gasteiger partial charge is 0.462 e. The second-order valence-electron chi connectivity index (χ2n) is 5.16. The Morgan fingerprint density at radius 3 is 2.35 bits per heavy atom. The van der Waals surface area contributed by atoms with Gasteiger partial charge in [-0.15, -0.1) is 0 Å². The predicted molar refractivity (Wildman–Crippen MR) is 90.1 cm³/mol. The summed E-state index contributed by atoms with van der Waals surface area (Å²) in [6, 6.07) is 21.6. The molecule has 0 bridgehead atoms. The Bertz CT molecular complexity index is 770. The molecule has 3 aromatic rings. The minimum absolute atomic E-state index is 0.340. The van der Waals surface area contributed by atoms with E-state index >= 15 is 0 Å². The monoisotopic (exact) mass is 303 g/mol. The number of pyridine rings is 1. The Hall–Kier alpha value is -2.94. The van der Waals surface area contributed by atoms with Gasteiger partial charge >= 0.3 is 5.97 Å².